The average Bonchev–Trinajstić information content (AvgIpc) is 2.36. The van der Waals surface area contributed by atoms with Gasteiger partial charge in [0.15, 0.2) is 0 Å². The Bertz CT molecular complexity index is 500. The first-order valence-electron chi connectivity index (χ1n) is 5.41. The molecule has 0 spiro atoms. The fourth-order valence-electron chi connectivity index (χ4n) is 1.34. The van der Waals surface area contributed by atoms with Crippen molar-refractivity contribution >= 4 is 18.2 Å². The molecule has 1 aromatic rings. The molecule has 102 valence electrons. The number of nitrogens with one attached hydrogen (secondary N) is 1. The Hall–Kier alpha value is -2.57. The third kappa shape index (κ3) is 5.07. The Kier molecular flexibility index (Phi) is 5.34. The van der Waals surface area contributed by atoms with E-state index in [1.165, 1.54) is 20.2 Å². The predicted octanol–water partition coefficient (Wildman–Crippen LogP) is 0.761. The summed E-state index contributed by atoms with van der Waals surface area (Å²) in [6, 6.07) is 4.44. The van der Waals surface area contributed by atoms with Crippen LogP contribution in [0.1, 0.15) is 18.1 Å². The van der Waals surface area contributed by atoms with Crippen LogP contribution in [0.4, 0.5) is 4.79 Å². The summed E-state index contributed by atoms with van der Waals surface area (Å²) in [4.78, 5) is 21.3. The highest BCUT2D eigenvalue weighted by molar-refractivity contribution is 5.82. The van der Waals surface area contributed by atoms with Gasteiger partial charge < -0.3 is 15.2 Å². The third-order valence-corrected chi connectivity index (χ3v) is 2.12. The molecule has 0 saturated carbocycles. The van der Waals surface area contributed by atoms with Gasteiger partial charge in [0.2, 0.25) is 0 Å². The van der Waals surface area contributed by atoms with Crippen LogP contribution >= 0.6 is 0 Å². The molecule has 0 unspecified atom stereocenters. The lowest BCUT2D eigenvalue weighted by Gasteiger charge is -2.09. The van der Waals surface area contributed by atoms with Crippen LogP contribution in [0.5, 0.6) is 5.75 Å². The Morgan fingerprint density at radius 2 is 2.21 bits per heavy atom. The number of hydrogen-bond donors (Lipinski definition) is 2. The third-order valence-electron chi connectivity index (χ3n) is 2.12. The van der Waals surface area contributed by atoms with E-state index in [2.05, 4.69) is 10.5 Å². The maximum absolute atomic E-state index is 10.8. The lowest BCUT2D eigenvalue weighted by atomic mass is 10.1. The summed E-state index contributed by atoms with van der Waals surface area (Å²) in [6.07, 6.45) is 1.42. The van der Waals surface area contributed by atoms with E-state index in [9.17, 15) is 9.59 Å². The molecule has 0 bridgehead atoms. The first kappa shape index (κ1) is 14.5. The van der Waals surface area contributed by atoms with Crippen molar-refractivity contribution in [3.05, 3.63) is 29.3 Å². The maximum Gasteiger partial charge on any atom is 0.332 e. The number of carbonyl (C=O) groups is 2. The van der Waals surface area contributed by atoms with Gasteiger partial charge in [-0.05, 0) is 23.8 Å². The van der Waals surface area contributed by atoms with E-state index in [0.29, 0.717) is 16.9 Å². The lowest BCUT2D eigenvalue weighted by molar-refractivity contribution is -0.142. The summed E-state index contributed by atoms with van der Waals surface area (Å²) in [5.74, 6) is 0.220. The molecule has 0 aliphatic carbocycles. The fraction of sp³-hybridized carbons (Fsp3) is 0.250. The molecule has 0 aliphatic rings. The lowest BCUT2D eigenvalue weighted by Crippen LogP contribution is -2.24. The van der Waals surface area contributed by atoms with Gasteiger partial charge in [0.1, 0.15) is 12.4 Å². The summed E-state index contributed by atoms with van der Waals surface area (Å²) < 4.78 is 10.1. The van der Waals surface area contributed by atoms with Crippen molar-refractivity contribution in [3.8, 4) is 5.75 Å². The van der Waals surface area contributed by atoms with Gasteiger partial charge >= 0.3 is 12.0 Å². The van der Waals surface area contributed by atoms with E-state index in [4.69, 9.17) is 15.2 Å². The summed E-state index contributed by atoms with van der Waals surface area (Å²) in [5.41, 5.74) is 8.36. The van der Waals surface area contributed by atoms with E-state index >= 15 is 0 Å². The number of methoxy groups -OCH3 is 1. The van der Waals surface area contributed by atoms with Gasteiger partial charge in [-0.1, -0.05) is 0 Å². The van der Waals surface area contributed by atoms with Crippen LogP contribution in [0.3, 0.4) is 0 Å². The summed E-state index contributed by atoms with van der Waals surface area (Å²) in [7, 11) is 1.52. The van der Waals surface area contributed by atoms with E-state index in [1.54, 1.807) is 18.2 Å². The van der Waals surface area contributed by atoms with E-state index in [-0.39, 0.29) is 12.6 Å². The molecular weight excluding hydrogens is 250 g/mol. The van der Waals surface area contributed by atoms with Crippen LogP contribution < -0.4 is 15.9 Å². The Morgan fingerprint density at radius 3 is 2.79 bits per heavy atom. The number of benzene rings is 1. The summed E-state index contributed by atoms with van der Waals surface area (Å²) in [6.45, 7) is 1.43. The zero-order chi connectivity index (χ0) is 14.3. The van der Waals surface area contributed by atoms with Crippen molar-refractivity contribution in [3.63, 3.8) is 0 Å². The highest BCUT2D eigenvalue weighted by Crippen LogP contribution is 2.20. The minimum Gasteiger partial charge on any atom is -0.496 e. The minimum atomic E-state index is -0.745. The number of ether oxygens (including phenoxy) is 2. The molecule has 0 heterocycles. The first-order valence-corrected chi connectivity index (χ1v) is 5.41. The van der Waals surface area contributed by atoms with Gasteiger partial charge in [0.25, 0.3) is 0 Å². The number of esters is 1. The predicted molar refractivity (Wildman–Crippen MR) is 68.8 cm³/mol. The van der Waals surface area contributed by atoms with E-state index in [1.807, 2.05) is 0 Å². The van der Waals surface area contributed by atoms with Crippen molar-refractivity contribution in [1.29, 1.82) is 0 Å². The van der Waals surface area contributed by atoms with Crippen molar-refractivity contribution < 1.29 is 19.1 Å². The summed E-state index contributed by atoms with van der Waals surface area (Å²) >= 11 is 0. The number of amides is 2. The van der Waals surface area contributed by atoms with Gasteiger partial charge in [-0.15, -0.1) is 0 Å². The zero-order valence-electron chi connectivity index (χ0n) is 10.7. The molecule has 0 aromatic heterocycles. The molecule has 7 heteroatoms. The van der Waals surface area contributed by atoms with Gasteiger partial charge in [-0.25, -0.2) is 10.2 Å². The second-order valence-corrected chi connectivity index (χ2v) is 3.59. The molecule has 19 heavy (non-hydrogen) atoms. The number of urea groups is 1. The molecule has 7 nitrogen and oxygen atoms in total. The topological polar surface area (TPSA) is 103 Å². The smallest absolute Gasteiger partial charge is 0.332 e. The molecule has 0 aliphatic heterocycles. The van der Waals surface area contributed by atoms with Crippen LogP contribution in [0.15, 0.2) is 23.3 Å². The van der Waals surface area contributed by atoms with Crippen molar-refractivity contribution in [2.24, 2.45) is 10.8 Å². The van der Waals surface area contributed by atoms with Crippen LogP contribution in [0, 0.1) is 0 Å². The molecule has 1 rings (SSSR count). The van der Waals surface area contributed by atoms with Gasteiger partial charge in [-0.2, -0.15) is 5.10 Å². The molecule has 0 saturated heterocycles. The average molecular weight is 265 g/mol. The first-order chi connectivity index (χ1) is 9.02. The number of carbonyl (C=O) groups excluding carboxylic acids is 2. The number of nitrogens with two attached hydrogens (primary N) is 1. The second-order valence-electron chi connectivity index (χ2n) is 3.59. The highest BCUT2D eigenvalue weighted by Gasteiger charge is 2.05. The normalized spacial score (nSPS) is 10.2. The van der Waals surface area contributed by atoms with Gasteiger partial charge in [-0.3, -0.25) is 4.79 Å². The van der Waals surface area contributed by atoms with Crippen LogP contribution in [-0.4, -0.2) is 25.3 Å². The van der Waals surface area contributed by atoms with E-state index < -0.39 is 6.03 Å². The number of rotatable bonds is 5. The van der Waals surface area contributed by atoms with Crippen LogP contribution in [0.2, 0.25) is 0 Å². The Labute approximate surface area is 110 Å². The molecule has 2 amide bonds. The Balaban J connectivity index is 2.84. The second kappa shape index (κ2) is 7.00. The Morgan fingerprint density at radius 1 is 1.47 bits per heavy atom. The fourth-order valence-corrected chi connectivity index (χ4v) is 1.34. The minimum absolute atomic E-state index is 0.101. The number of nitrogens with zero attached hydrogens (tertiary/aromatic N) is 1. The molecule has 1 aromatic carbocycles. The number of primary amides is 1. The van der Waals surface area contributed by atoms with Gasteiger partial charge in [0, 0.05) is 12.5 Å². The largest absolute Gasteiger partial charge is 0.496 e. The van der Waals surface area contributed by atoms with Gasteiger partial charge in [0.05, 0.1) is 13.3 Å². The molecule has 0 fully saturated rings. The summed E-state index contributed by atoms with van der Waals surface area (Å²) in [5, 5.41) is 3.63. The maximum atomic E-state index is 10.8. The molecule has 3 N–H and O–H groups in total. The molecule has 0 atom stereocenters. The standard InChI is InChI=1S/C12H15N3O4/c1-8(16)19-7-10-5-9(3-4-11(10)18-2)6-14-15-12(13)17/h3-6H,7H2,1-2H3,(H3,13,15,17). The number of hydrogen-bond acceptors (Lipinski definition) is 5. The number of hydrazone groups is 1. The monoisotopic (exact) mass is 265 g/mol. The van der Waals surface area contributed by atoms with E-state index in [0.717, 1.165) is 0 Å². The van der Waals surface area contributed by atoms with Crippen molar-refractivity contribution in [2.45, 2.75) is 13.5 Å². The van der Waals surface area contributed by atoms with Crippen molar-refractivity contribution in [2.75, 3.05) is 7.11 Å². The molecular formula is C12H15N3O4. The SMILES string of the molecule is COc1ccc(C=NNC(N)=O)cc1COC(C)=O. The van der Waals surface area contributed by atoms with Crippen LogP contribution in [-0.2, 0) is 16.1 Å². The molecule has 0 radical (unpaired) electrons. The zero-order valence-corrected chi connectivity index (χ0v) is 10.7. The van der Waals surface area contributed by atoms with Crippen molar-refractivity contribution in [1.82, 2.24) is 5.43 Å². The highest BCUT2D eigenvalue weighted by atomic mass is 16.5. The quantitative estimate of drug-likeness (QED) is 0.466. The van der Waals surface area contributed by atoms with Crippen LogP contribution in [0.25, 0.3) is 0 Å².